The number of hydrogen-bond donors (Lipinski definition) is 3. The molecule has 34 heavy (non-hydrogen) atoms. The smallest absolute Gasteiger partial charge is 0.151 e. The van der Waals surface area contributed by atoms with Crippen LogP contribution in [0.1, 0.15) is 0 Å². The molecule has 0 saturated carbocycles. The minimum atomic E-state index is -0.794. The van der Waals surface area contributed by atoms with E-state index in [-0.39, 0.29) is 22.9 Å². The number of aromatic hydroxyl groups is 3. The van der Waals surface area contributed by atoms with Gasteiger partial charge in [0, 0.05) is 22.8 Å². The molecule has 1 heterocycles. The highest BCUT2D eigenvalue weighted by molar-refractivity contribution is 5.92. The minimum absolute atomic E-state index is 0.0366. The van der Waals surface area contributed by atoms with Gasteiger partial charge in [-0.05, 0) is 78.4 Å². The molecule has 0 fully saturated rings. The number of benzene rings is 4. The summed E-state index contributed by atoms with van der Waals surface area (Å²) in [6, 6.07) is 22.5. The van der Waals surface area contributed by atoms with Crippen LogP contribution in [0, 0.1) is 11.6 Å². The van der Waals surface area contributed by atoms with Crippen molar-refractivity contribution < 1.29 is 24.1 Å². The first-order chi connectivity index (χ1) is 16.4. The van der Waals surface area contributed by atoms with Gasteiger partial charge in [0.05, 0.1) is 5.69 Å². The number of halogens is 2. The van der Waals surface area contributed by atoms with Gasteiger partial charge in [0.25, 0.3) is 0 Å². The topological polar surface area (TPSA) is 78.5 Å². The fourth-order valence-corrected chi connectivity index (χ4v) is 3.85. The van der Waals surface area contributed by atoms with Gasteiger partial charge in [0.2, 0.25) is 0 Å². The summed E-state index contributed by atoms with van der Waals surface area (Å²) in [7, 11) is 0. The molecular weight excluding hydrogens is 438 g/mol. The van der Waals surface area contributed by atoms with Gasteiger partial charge in [-0.25, -0.2) is 13.5 Å². The highest BCUT2D eigenvalue weighted by Crippen LogP contribution is 2.42. The molecule has 7 heteroatoms. The van der Waals surface area contributed by atoms with E-state index in [1.807, 2.05) is 0 Å². The van der Waals surface area contributed by atoms with Gasteiger partial charge in [-0.15, -0.1) is 0 Å². The average molecular weight is 456 g/mol. The number of hydrogen-bond acceptors (Lipinski definition) is 4. The lowest BCUT2D eigenvalue weighted by Crippen LogP contribution is -2.03. The number of phenolic OH excluding ortho intramolecular Hbond substituents is 3. The molecule has 0 atom stereocenters. The normalized spacial score (nSPS) is 11.0. The molecule has 0 amide bonds. The molecule has 0 radical (unpaired) electrons. The number of nitrogens with zero attached hydrogens (tertiary/aromatic N) is 2. The molecule has 0 saturated heterocycles. The average Bonchev–Trinajstić information content (AvgIpc) is 3.21. The third-order valence-electron chi connectivity index (χ3n) is 5.46. The van der Waals surface area contributed by atoms with Gasteiger partial charge in [-0.1, -0.05) is 12.1 Å². The molecule has 0 bridgehead atoms. The molecule has 4 aromatic carbocycles. The Hall–Kier alpha value is -4.65. The molecule has 0 aliphatic rings. The molecule has 168 valence electrons. The molecule has 0 unspecified atom stereocenters. The maximum atomic E-state index is 14.9. The Balaban J connectivity index is 1.89. The van der Waals surface area contributed by atoms with Crippen LogP contribution in [0.3, 0.4) is 0 Å². The van der Waals surface area contributed by atoms with Gasteiger partial charge < -0.3 is 15.3 Å². The third-order valence-corrected chi connectivity index (χ3v) is 5.46. The zero-order valence-corrected chi connectivity index (χ0v) is 17.7. The Bertz CT molecular complexity index is 1480. The zero-order valence-electron chi connectivity index (χ0n) is 17.7. The van der Waals surface area contributed by atoms with Crippen LogP contribution in [0.2, 0.25) is 0 Å². The van der Waals surface area contributed by atoms with Crippen molar-refractivity contribution in [2.24, 2.45) is 0 Å². The van der Waals surface area contributed by atoms with Gasteiger partial charge >= 0.3 is 0 Å². The van der Waals surface area contributed by atoms with Crippen LogP contribution in [-0.2, 0) is 0 Å². The Morgan fingerprint density at radius 2 is 1.09 bits per heavy atom. The van der Waals surface area contributed by atoms with E-state index in [1.54, 1.807) is 36.4 Å². The summed E-state index contributed by atoms with van der Waals surface area (Å²) in [6.45, 7) is 0. The van der Waals surface area contributed by atoms with E-state index >= 15 is 0 Å². The Labute approximate surface area is 193 Å². The Morgan fingerprint density at radius 1 is 0.588 bits per heavy atom. The molecule has 5 rings (SSSR count). The van der Waals surface area contributed by atoms with Crippen LogP contribution < -0.4 is 0 Å². The number of rotatable bonds is 4. The van der Waals surface area contributed by atoms with Crippen LogP contribution in [-0.4, -0.2) is 25.1 Å². The molecule has 0 aliphatic carbocycles. The highest BCUT2D eigenvalue weighted by Gasteiger charge is 2.24. The van der Waals surface area contributed by atoms with Crippen molar-refractivity contribution in [3.63, 3.8) is 0 Å². The van der Waals surface area contributed by atoms with E-state index in [1.165, 1.54) is 47.1 Å². The predicted octanol–water partition coefficient (Wildman–Crippen LogP) is 6.27. The van der Waals surface area contributed by atoms with Crippen molar-refractivity contribution in [2.45, 2.75) is 0 Å². The number of aromatic nitrogens is 2. The standard InChI is InChI=1S/C27H18F2N2O3/c28-19-7-14-24(23(29)15-19)31-27(18-5-12-22(34)13-6-18)25(16-1-8-20(32)9-2-16)26(30-31)17-3-10-21(33)11-4-17/h1-15,32-34H. The molecule has 3 N–H and O–H groups in total. The summed E-state index contributed by atoms with van der Waals surface area (Å²) < 4.78 is 30.0. The summed E-state index contributed by atoms with van der Waals surface area (Å²) in [4.78, 5) is 0. The van der Waals surface area contributed by atoms with Gasteiger partial charge in [-0.2, -0.15) is 5.10 Å². The molecule has 0 spiro atoms. The second kappa shape index (κ2) is 8.37. The van der Waals surface area contributed by atoms with Crippen molar-refractivity contribution >= 4 is 0 Å². The lowest BCUT2D eigenvalue weighted by Gasteiger charge is -2.12. The molecule has 0 aliphatic heterocycles. The summed E-state index contributed by atoms with van der Waals surface area (Å²) in [6.07, 6.45) is 0. The second-order valence-electron chi connectivity index (χ2n) is 7.72. The third kappa shape index (κ3) is 3.84. The van der Waals surface area contributed by atoms with Crippen molar-refractivity contribution in [1.82, 2.24) is 9.78 Å². The summed E-state index contributed by atoms with van der Waals surface area (Å²) >= 11 is 0. The number of phenols is 3. The van der Waals surface area contributed by atoms with Crippen LogP contribution in [0.25, 0.3) is 39.3 Å². The van der Waals surface area contributed by atoms with E-state index in [9.17, 15) is 24.1 Å². The molecule has 5 nitrogen and oxygen atoms in total. The van der Waals surface area contributed by atoms with Crippen LogP contribution in [0.5, 0.6) is 17.2 Å². The zero-order chi connectivity index (χ0) is 23.8. The van der Waals surface area contributed by atoms with Gasteiger partial charge in [0.15, 0.2) is 5.82 Å². The largest absolute Gasteiger partial charge is 0.508 e. The molecule has 5 aromatic rings. The maximum Gasteiger partial charge on any atom is 0.151 e. The minimum Gasteiger partial charge on any atom is -0.508 e. The first kappa shape index (κ1) is 21.2. The van der Waals surface area contributed by atoms with Crippen molar-refractivity contribution in [1.29, 1.82) is 0 Å². The van der Waals surface area contributed by atoms with E-state index in [4.69, 9.17) is 5.10 Å². The maximum absolute atomic E-state index is 14.9. The van der Waals surface area contributed by atoms with Gasteiger partial charge in [0.1, 0.15) is 34.4 Å². The predicted molar refractivity (Wildman–Crippen MR) is 125 cm³/mol. The summed E-state index contributed by atoms with van der Waals surface area (Å²) in [5.74, 6) is -1.28. The van der Waals surface area contributed by atoms with E-state index in [2.05, 4.69) is 0 Å². The fourth-order valence-electron chi connectivity index (χ4n) is 3.85. The Kier molecular flexibility index (Phi) is 5.22. The highest BCUT2D eigenvalue weighted by atomic mass is 19.1. The van der Waals surface area contributed by atoms with Crippen molar-refractivity contribution in [2.75, 3.05) is 0 Å². The summed E-state index contributed by atoms with van der Waals surface area (Å²) in [5, 5.41) is 34.1. The fraction of sp³-hybridized carbons (Fsp3) is 0. The van der Waals surface area contributed by atoms with Crippen LogP contribution in [0.15, 0.2) is 91.0 Å². The van der Waals surface area contributed by atoms with Crippen LogP contribution >= 0.6 is 0 Å². The van der Waals surface area contributed by atoms with Crippen molar-refractivity contribution in [3.8, 4) is 56.6 Å². The van der Waals surface area contributed by atoms with Gasteiger partial charge in [-0.3, -0.25) is 0 Å². The monoisotopic (exact) mass is 456 g/mol. The van der Waals surface area contributed by atoms with Crippen molar-refractivity contribution in [3.05, 3.63) is 103 Å². The first-order valence-corrected chi connectivity index (χ1v) is 10.4. The van der Waals surface area contributed by atoms with E-state index in [0.717, 1.165) is 12.1 Å². The lowest BCUT2D eigenvalue weighted by molar-refractivity contribution is 0.475. The Morgan fingerprint density at radius 3 is 1.62 bits per heavy atom. The molecular formula is C27H18F2N2O3. The summed E-state index contributed by atoms with van der Waals surface area (Å²) in [5.41, 5.74) is 3.62. The second-order valence-corrected chi connectivity index (χ2v) is 7.72. The molecule has 1 aromatic heterocycles. The van der Waals surface area contributed by atoms with E-state index < -0.39 is 11.6 Å². The van der Waals surface area contributed by atoms with E-state index in [0.29, 0.717) is 33.6 Å². The lowest BCUT2D eigenvalue weighted by atomic mass is 9.95. The first-order valence-electron chi connectivity index (χ1n) is 10.4. The van der Waals surface area contributed by atoms with Crippen LogP contribution in [0.4, 0.5) is 8.78 Å². The SMILES string of the molecule is Oc1ccc(-c2nn(-c3ccc(F)cc3F)c(-c3ccc(O)cc3)c2-c2ccc(O)cc2)cc1. The quantitative estimate of drug-likeness (QED) is 0.298.